The molecule has 0 aromatic carbocycles. The van der Waals surface area contributed by atoms with E-state index in [4.69, 9.17) is 0 Å². The van der Waals surface area contributed by atoms with Gasteiger partial charge in [0.1, 0.15) is 0 Å². The van der Waals surface area contributed by atoms with Gasteiger partial charge in [-0.05, 0) is 44.2 Å². The number of imide groups is 1. The van der Waals surface area contributed by atoms with Gasteiger partial charge in [0, 0.05) is 19.1 Å². The predicted octanol–water partition coefficient (Wildman–Crippen LogP) is 1.25. The highest BCUT2D eigenvalue weighted by atomic mass is 35.5. The fourth-order valence-electron chi connectivity index (χ4n) is 4.14. The third kappa shape index (κ3) is 5.06. The second-order valence-electron chi connectivity index (χ2n) is 7.24. The Hall–Kier alpha value is -0.850. The van der Waals surface area contributed by atoms with Crippen LogP contribution in [0.4, 0.5) is 4.79 Å². The minimum absolute atomic E-state index is 0. The number of hydrogen-bond acceptors (Lipinski definition) is 4. The summed E-state index contributed by atoms with van der Waals surface area (Å²) < 4.78 is 0. The lowest BCUT2D eigenvalue weighted by Gasteiger charge is -2.23. The van der Waals surface area contributed by atoms with Crippen molar-refractivity contribution in [2.45, 2.75) is 51.0 Å². The van der Waals surface area contributed by atoms with Gasteiger partial charge < -0.3 is 10.6 Å². The summed E-state index contributed by atoms with van der Waals surface area (Å²) in [7, 11) is 0. The SMILES string of the molecule is Cl.O=C(CN1CCC2(CCNC2)C1)NC(=O)NC1CCCCC1. The lowest BCUT2D eigenvalue weighted by molar-refractivity contribution is -0.121. The molecule has 3 fully saturated rings. The van der Waals surface area contributed by atoms with Gasteiger partial charge in [-0.3, -0.25) is 15.0 Å². The van der Waals surface area contributed by atoms with Crippen molar-refractivity contribution in [3.05, 3.63) is 0 Å². The smallest absolute Gasteiger partial charge is 0.321 e. The molecule has 3 N–H and O–H groups in total. The molecule has 3 aliphatic rings. The van der Waals surface area contributed by atoms with E-state index in [1.807, 2.05) is 0 Å². The molecular weight excluding hydrogens is 316 g/mol. The van der Waals surface area contributed by atoms with Crippen LogP contribution in [0.15, 0.2) is 0 Å². The standard InChI is InChI=1S/C16H28N4O2.ClH/c21-14(19-15(22)18-13-4-2-1-3-5-13)10-20-9-7-16(12-20)6-8-17-11-16;/h13,17H,1-12H2,(H2,18,19,21,22);1H. The Labute approximate surface area is 144 Å². The molecule has 0 radical (unpaired) electrons. The molecule has 1 unspecified atom stereocenters. The first-order valence-electron chi connectivity index (χ1n) is 8.69. The third-order valence-corrected chi connectivity index (χ3v) is 5.41. The number of rotatable bonds is 3. The topological polar surface area (TPSA) is 73.5 Å². The second kappa shape index (κ2) is 8.31. The van der Waals surface area contributed by atoms with E-state index in [0.29, 0.717) is 12.0 Å². The Morgan fingerprint density at radius 2 is 1.96 bits per heavy atom. The van der Waals surface area contributed by atoms with Crippen LogP contribution in [0.1, 0.15) is 44.9 Å². The zero-order valence-electron chi connectivity index (χ0n) is 13.7. The number of halogens is 1. The molecule has 132 valence electrons. The van der Waals surface area contributed by atoms with Crippen LogP contribution in [-0.2, 0) is 4.79 Å². The molecule has 6 nitrogen and oxygen atoms in total. The van der Waals surface area contributed by atoms with Gasteiger partial charge in [0.25, 0.3) is 0 Å². The number of urea groups is 1. The van der Waals surface area contributed by atoms with E-state index in [2.05, 4.69) is 20.9 Å². The summed E-state index contributed by atoms with van der Waals surface area (Å²) >= 11 is 0. The summed E-state index contributed by atoms with van der Waals surface area (Å²) in [4.78, 5) is 26.1. The van der Waals surface area contributed by atoms with Crippen molar-refractivity contribution >= 4 is 24.3 Å². The van der Waals surface area contributed by atoms with Gasteiger partial charge in [-0.15, -0.1) is 12.4 Å². The lowest BCUT2D eigenvalue weighted by Crippen LogP contribution is -2.48. The molecule has 1 aliphatic carbocycles. The molecule has 2 heterocycles. The van der Waals surface area contributed by atoms with Gasteiger partial charge in [0.05, 0.1) is 6.54 Å². The Balaban J connectivity index is 0.00000192. The molecule has 23 heavy (non-hydrogen) atoms. The molecule has 2 aliphatic heterocycles. The number of likely N-dealkylation sites (tertiary alicyclic amines) is 1. The zero-order chi connectivity index (χ0) is 15.4. The summed E-state index contributed by atoms with van der Waals surface area (Å²) in [6.07, 6.45) is 8.01. The molecule has 1 saturated carbocycles. The Bertz CT molecular complexity index is 420. The van der Waals surface area contributed by atoms with Gasteiger partial charge in [-0.1, -0.05) is 19.3 Å². The molecule has 0 bridgehead atoms. The van der Waals surface area contributed by atoms with Crippen LogP contribution in [0.2, 0.25) is 0 Å². The fourth-order valence-corrected chi connectivity index (χ4v) is 4.14. The van der Waals surface area contributed by atoms with Crippen molar-refractivity contribution in [1.29, 1.82) is 0 Å². The summed E-state index contributed by atoms with van der Waals surface area (Å²) in [5, 5.41) is 8.83. The van der Waals surface area contributed by atoms with Gasteiger partial charge >= 0.3 is 6.03 Å². The van der Waals surface area contributed by atoms with E-state index in [1.165, 1.54) is 25.7 Å². The quantitative estimate of drug-likeness (QED) is 0.720. The van der Waals surface area contributed by atoms with Crippen molar-refractivity contribution in [3.63, 3.8) is 0 Å². The fraction of sp³-hybridized carbons (Fsp3) is 0.875. The molecule has 7 heteroatoms. The van der Waals surface area contributed by atoms with E-state index in [-0.39, 0.29) is 30.4 Å². The highest BCUT2D eigenvalue weighted by Crippen LogP contribution is 2.35. The first-order chi connectivity index (χ1) is 10.7. The average molecular weight is 345 g/mol. The number of carbonyl (C=O) groups is 2. The van der Waals surface area contributed by atoms with Crippen molar-refractivity contribution < 1.29 is 9.59 Å². The Kier molecular flexibility index (Phi) is 6.68. The molecule has 0 aromatic heterocycles. The van der Waals surface area contributed by atoms with Crippen LogP contribution < -0.4 is 16.0 Å². The van der Waals surface area contributed by atoms with Crippen LogP contribution in [0, 0.1) is 5.41 Å². The van der Waals surface area contributed by atoms with Crippen molar-refractivity contribution in [2.75, 3.05) is 32.7 Å². The molecule has 3 amide bonds. The van der Waals surface area contributed by atoms with E-state index in [0.717, 1.165) is 45.4 Å². The monoisotopic (exact) mass is 344 g/mol. The minimum Gasteiger partial charge on any atom is -0.335 e. The van der Waals surface area contributed by atoms with Crippen LogP contribution in [0.5, 0.6) is 0 Å². The van der Waals surface area contributed by atoms with E-state index in [1.54, 1.807) is 0 Å². The average Bonchev–Trinajstić information content (AvgIpc) is 3.10. The largest absolute Gasteiger partial charge is 0.335 e. The lowest BCUT2D eigenvalue weighted by atomic mass is 9.87. The van der Waals surface area contributed by atoms with Gasteiger partial charge in [0.15, 0.2) is 0 Å². The second-order valence-corrected chi connectivity index (χ2v) is 7.24. The number of carbonyl (C=O) groups excluding carboxylic acids is 2. The van der Waals surface area contributed by atoms with Gasteiger partial charge in [-0.25, -0.2) is 4.79 Å². The molecule has 3 rings (SSSR count). The first-order valence-corrected chi connectivity index (χ1v) is 8.69. The van der Waals surface area contributed by atoms with E-state index >= 15 is 0 Å². The maximum atomic E-state index is 12.0. The highest BCUT2D eigenvalue weighted by molar-refractivity contribution is 5.95. The molecule has 1 atom stereocenters. The summed E-state index contributed by atoms with van der Waals surface area (Å²) in [5.74, 6) is -0.184. The molecular formula is C16H29ClN4O2. The third-order valence-electron chi connectivity index (χ3n) is 5.41. The van der Waals surface area contributed by atoms with Crippen LogP contribution in [-0.4, -0.2) is 55.6 Å². The number of nitrogens with one attached hydrogen (secondary N) is 3. The van der Waals surface area contributed by atoms with Gasteiger partial charge in [0.2, 0.25) is 5.91 Å². The summed E-state index contributed by atoms with van der Waals surface area (Å²) in [5.41, 5.74) is 0.366. The van der Waals surface area contributed by atoms with Crippen LogP contribution >= 0.6 is 12.4 Å². The summed E-state index contributed by atoms with van der Waals surface area (Å²) in [6, 6.07) is -0.0884. The number of amides is 3. The van der Waals surface area contributed by atoms with Crippen LogP contribution in [0.3, 0.4) is 0 Å². The van der Waals surface area contributed by atoms with Crippen molar-refractivity contribution in [3.8, 4) is 0 Å². The maximum Gasteiger partial charge on any atom is 0.321 e. The Morgan fingerprint density at radius 1 is 1.17 bits per heavy atom. The summed E-state index contributed by atoms with van der Waals surface area (Å²) in [6.45, 7) is 4.41. The zero-order valence-corrected chi connectivity index (χ0v) is 14.6. The Morgan fingerprint density at radius 3 is 2.65 bits per heavy atom. The minimum atomic E-state index is -0.326. The normalized spacial score (nSPS) is 28.5. The van der Waals surface area contributed by atoms with E-state index < -0.39 is 0 Å². The van der Waals surface area contributed by atoms with E-state index in [9.17, 15) is 9.59 Å². The van der Waals surface area contributed by atoms with Crippen LogP contribution in [0.25, 0.3) is 0 Å². The first kappa shape index (κ1) is 18.5. The van der Waals surface area contributed by atoms with Gasteiger partial charge in [-0.2, -0.15) is 0 Å². The molecule has 2 saturated heterocycles. The van der Waals surface area contributed by atoms with Crippen molar-refractivity contribution in [2.24, 2.45) is 5.41 Å². The predicted molar refractivity (Wildman–Crippen MR) is 91.8 cm³/mol. The number of nitrogens with zero attached hydrogens (tertiary/aromatic N) is 1. The number of hydrogen-bond donors (Lipinski definition) is 3. The molecule has 1 spiro atoms. The maximum absolute atomic E-state index is 12.0. The van der Waals surface area contributed by atoms with Crippen molar-refractivity contribution in [1.82, 2.24) is 20.9 Å². The molecule has 0 aromatic rings. The highest BCUT2D eigenvalue weighted by Gasteiger charge is 2.40.